The average molecular weight is 326 g/mol. The number of methoxy groups -OCH3 is 1. The van der Waals surface area contributed by atoms with E-state index in [0.717, 1.165) is 15.7 Å². The summed E-state index contributed by atoms with van der Waals surface area (Å²) in [5.41, 5.74) is 1.47. The summed E-state index contributed by atoms with van der Waals surface area (Å²) in [6.07, 6.45) is 0. The molecule has 2 rings (SSSR count). The van der Waals surface area contributed by atoms with Gasteiger partial charge in [-0.05, 0) is 30.3 Å². The number of halogens is 2. The van der Waals surface area contributed by atoms with Crippen LogP contribution >= 0.6 is 15.9 Å². The monoisotopic (exact) mass is 325 g/mol. The molecule has 0 heterocycles. The summed E-state index contributed by atoms with van der Waals surface area (Å²) < 4.78 is 19.0. The SMILES string of the molecule is COc1cc(NCc2cc(Br)ccc2O)ccc1F. The summed E-state index contributed by atoms with van der Waals surface area (Å²) in [4.78, 5) is 0. The summed E-state index contributed by atoms with van der Waals surface area (Å²) in [6.45, 7) is 0.431. The molecule has 100 valence electrons. The molecule has 0 fully saturated rings. The van der Waals surface area contributed by atoms with Crippen molar-refractivity contribution < 1.29 is 14.2 Å². The molecule has 0 aliphatic carbocycles. The van der Waals surface area contributed by atoms with E-state index in [4.69, 9.17) is 4.74 Å². The molecule has 3 nitrogen and oxygen atoms in total. The van der Waals surface area contributed by atoms with Gasteiger partial charge in [0.05, 0.1) is 7.11 Å². The first-order chi connectivity index (χ1) is 9.10. The third-order valence-corrected chi connectivity index (χ3v) is 3.17. The number of nitrogens with one attached hydrogen (secondary N) is 1. The minimum absolute atomic E-state index is 0.184. The first kappa shape index (κ1) is 13.7. The van der Waals surface area contributed by atoms with Crippen LogP contribution in [-0.2, 0) is 6.54 Å². The molecule has 0 aliphatic rings. The molecule has 0 aliphatic heterocycles. The van der Waals surface area contributed by atoms with Gasteiger partial charge in [0.1, 0.15) is 5.75 Å². The lowest BCUT2D eigenvalue weighted by atomic mass is 10.2. The van der Waals surface area contributed by atoms with E-state index in [-0.39, 0.29) is 11.5 Å². The Morgan fingerprint density at radius 1 is 1.26 bits per heavy atom. The van der Waals surface area contributed by atoms with Crippen LogP contribution < -0.4 is 10.1 Å². The van der Waals surface area contributed by atoms with Crippen molar-refractivity contribution in [3.63, 3.8) is 0 Å². The van der Waals surface area contributed by atoms with Gasteiger partial charge in [0.25, 0.3) is 0 Å². The van der Waals surface area contributed by atoms with Crippen LogP contribution in [0, 0.1) is 5.82 Å². The first-order valence-corrected chi connectivity index (χ1v) is 6.44. The van der Waals surface area contributed by atoms with Crippen molar-refractivity contribution in [3.8, 4) is 11.5 Å². The Kier molecular flexibility index (Phi) is 4.27. The number of ether oxygens (including phenoxy) is 1. The number of hydrogen-bond acceptors (Lipinski definition) is 3. The predicted octanol–water partition coefficient (Wildman–Crippen LogP) is 3.91. The Hall–Kier alpha value is -1.75. The van der Waals surface area contributed by atoms with Crippen molar-refractivity contribution in [1.29, 1.82) is 0 Å². The fourth-order valence-electron chi connectivity index (χ4n) is 1.66. The molecule has 0 amide bonds. The molecule has 5 heteroatoms. The summed E-state index contributed by atoms with van der Waals surface area (Å²) in [7, 11) is 1.42. The molecular weight excluding hydrogens is 313 g/mol. The standard InChI is InChI=1S/C14H13BrFNO2/c1-19-14-7-11(3-4-12(14)16)17-8-9-6-10(15)2-5-13(9)18/h2-7,17-18H,8H2,1H3. The molecule has 2 aromatic carbocycles. The molecule has 0 aromatic heterocycles. The minimum atomic E-state index is -0.404. The van der Waals surface area contributed by atoms with Crippen LogP contribution in [0.2, 0.25) is 0 Å². The molecule has 0 saturated heterocycles. The van der Waals surface area contributed by atoms with E-state index in [1.165, 1.54) is 13.2 Å². The third-order valence-electron chi connectivity index (χ3n) is 2.68. The van der Waals surface area contributed by atoms with Crippen LogP contribution in [0.1, 0.15) is 5.56 Å². The van der Waals surface area contributed by atoms with Crippen LogP contribution in [-0.4, -0.2) is 12.2 Å². The molecule has 0 atom stereocenters. The van der Waals surface area contributed by atoms with Crippen molar-refractivity contribution in [2.24, 2.45) is 0 Å². The van der Waals surface area contributed by atoms with E-state index in [9.17, 15) is 9.50 Å². The average Bonchev–Trinajstić information content (AvgIpc) is 2.41. The zero-order valence-corrected chi connectivity index (χ0v) is 11.9. The highest BCUT2D eigenvalue weighted by molar-refractivity contribution is 9.10. The molecule has 19 heavy (non-hydrogen) atoms. The van der Waals surface area contributed by atoms with Gasteiger partial charge in [-0.15, -0.1) is 0 Å². The van der Waals surface area contributed by atoms with Crippen LogP contribution in [0.25, 0.3) is 0 Å². The maximum atomic E-state index is 13.3. The van der Waals surface area contributed by atoms with Crippen molar-refractivity contribution in [1.82, 2.24) is 0 Å². The van der Waals surface area contributed by atoms with E-state index in [0.29, 0.717) is 6.54 Å². The smallest absolute Gasteiger partial charge is 0.165 e. The number of phenolic OH excluding ortho intramolecular Hbond substituents is 1. The van der Waals surface area contributed by atoms with Crippen LogP contribution in [0.5, 0.6) is 11.5 Å². The van der Waals surface area contributed by atoms with Gasteiger partial charge in [-0.1, -0.05) is 15.9 Å². The highest BCUT2D eigenvalue weighted by Gasteiger charge is 2.05. The largest absolute Gasteiger partial charge is 0.508 e. The van der Waals surface area contributed by atoms with E-state index in [1.807, 2.05) is 6.07 Å². The first-order valence-electron chi connectivity index (χ1n) is 5.65. The molecule has 0 saturated carbocycles. The molecule has 0 spiro atoms. The van der Waals surface area contributed by atoms with Gasteiger partial charge in [-0.2, -0.15) is 0 Å². The second-order valence-electron chi connectivity index (χ2n) is 3.98. The Morgan fingerprint density at radius 2 is 2.05 bits per heavy atom. The van der Waals surface area contributed by atoms with E-state index < -0.39 is 5.82 Å². The minimum Gasteiger partial charge on any atom is -0.508 e. The van der Waals surface area contributed by atoms with E-state index in [2.05, 4.69) is 21.2 Å². The van der Waals surface area contributed by atoms with Gasteiger partial charge >= 0.3 is 0 Å². The summed E-state index contributed by atoms with van der Waals surface area (Å²) >= 11 is 3.35. The maximum absolute atomic E-state index is 13.3. The zero-order chi connectivity index (χ0) is 13.8. The van der Waals surface area contributed by atoms with Crippen LogP contribution in [0.3, 0.4) is 0 Å². The number of phenols is 1. The van der Waals surface area contributed by atoms with Gasteiger partial charge < -0.3 is 15.2 Å². The van der Waals surface area contributed by atoms with Gasteiger partial charge in [0.15, 0.2) is 11.6 Å². The number of rotatable bonds is 4. The highest BCUT2D eigenvalue weighted by atomic mass is 79.9. The van der Waals surface area contributed by atoms with Gasteiger partial charge in [0.2, 0.25) is 0 Å². The van der Waals surface area contributed by atoms with Gasteiger partial charge in [0, 0.05) is 28.3 Å². The quantitative estimate of drug-likeness (QED) is 0.895. The van der Waals surface area contributed by atoms with Gasteiger partial charge in [-0.3, -0.25) is 0 Å². The topological polar surface area (TPSA) is 41.5 Å². The van der Waals surface area contributed by atoms with Crippen molar-refractivity contribution >= 4 is 21.6 Å². The van der Waals surface area contributed by atoms with Crippen molar-refractivity contribution in [2.75, 3.05) is 12.4 Å². The third kappa shape index (κ3) is 3.38. The van der Waals surface area contributed by atoms with Crippen LogP contribution in [0.15, 0.2) is 40.9 Å². The fourth-order valence-corrected chi connectivity index (χ4v) is 2.07. The Balaban J connectivity index is 2.12. The number of benzene rings is 2. The highest BCUT2D eigenvalue weighted by Crippen LogP contribution is 2.25. The summed E-state index contributed by atoms with van der Waals surface area (Å²) in [6, 6.07) is 9.73. The Labute approximate surface area is 119 Å². The molecule has 2 aromatic rings. The molecule has 0 unspecified atom stereocenters. The number of anilines is 1. The van der Waals surface area contributed by atoms with Crippen molar-refractivity contribution in [3.05, 3.63) is 52.3 Å². The summed E-state index contributed by atoms with van der Waals surface area (Å²) in [5.74, 6) is -0.00778. The van der Waals surface area contributed by atoms with E-state index >= 15 is 0 Å². The lowest BCUT2D eigenvalue weighted by Crippen LogP contribution is -2.00. The lowest BCUT2D eigenvalue weighted by molar-refractivity contribution is 0.387. The predicted molar refractivity (Wildman–Crippen MR) is 76.1 cm³/mol. The van der Waals surface area contributed by atoms with Gasteiger partial charge in [-0.25, -0.2) is 4.39 Å². The molecule has 2 N–H and O–H groups in total. The van der Waals surface area contributed by atoms with Crippen molar-refractivity contribution in [2.45, 2.75) is 6.54 Å². The molecular formula is C14H13BrFNO2. The van der Waals surface area contributed by atoms with Crippen LogP contribution in [0.4, 0.5) is 10.1 Å². The normalized spacial score (nSPS) is 10.3. The summed E-state index contributed by atoms with van der Waals surface area (Å²) in [5, 5.41) is 12.8. The Morgan fingerprint density at radius 3 is 2.79 bits per heavy atom. The van der Waals surface area contributed by atoms with E-state index in [1.54, 1.807) is 24.3 Å². The zero-order valence-electron chi connectivity index (χ0n) is 10.3. The second kappa shape index (κ2) is 5.93. The fraction of sp³-hybridized carbons (Fsp3) is 0.143. The number of hydrogen-bond donors (Lipinski definition) is 2. The number of aromatic hydroxyl groups is 1. The molecule has 0 bridgehead atoms. The second-order valence-corrected chi connectivity index (χ2v) is 4.89. The molecule has 0 radical (unpaired) electrons. The lowest BCUT2D eigenvalue weighted by Gasteiger charge is -2.10. The Bertz CT molecular complexity index is 590. The maximum Gasteiger partial charge on any atom is 0.165 e.